The molecule has 0 unspecified atom stereocenters. The monoisotopic (exact) mass is 247 g/mol. The van der Waals surface area contributed by atoms with E-state index in [4.69, 9.17) is 4.74 Å². The molecule has 0 atom stereocenters. The summed E-state index contributed by atoms with van der Waals surface area (Å²) < 4.78 is 5.27. The minimum Gasteiger partial charge on any atom is -0.481 e. The fourth-order valence-electron chi connectivity index (χ4n) is 2.60. The third kappa shape index (κ3) is 2.74. The Labute approximate surface area is 108 Å². The Morgan fingerprint density at radius 3 is 2.56 bits per heavy atom. The number of aromatic nitrogens is 2. The molecule has 0 aliphatic heterocycles. The van der Waals surface area contributed by atoms with E-state index >= 15 is 0 Å². The fourth-order valence-corrected chi connectivity index (χ4v) is 2.60. The molecular formula is C14H21N3O. The normalized spacial score (nSPS) is 20.7. The van der Waals surface area contributed by atoms with Crippen molar-refractivity contribution in [1.82, 2.24) is 9.97 Å². The summed E-state index contributed by atoms with van der Waals surface area (Å²) in [6, 6.07) is 2.49. The molecule has 0 aromatic carbocycles. The molecule has 2 aliphatic rings. The summed E-state index contributed by atoms with van der Waals surface area (Å²) in [5, 5.41) is 3.55. The number of hydrogen-bond acceptors (Lipinski definition) is 4. The van der Waals surface area contributed by atoms with E-state index in [9.17, 15) is 0 Å². The van der Waals surface area contributed by atoms with E-state index in [1.807, 2.05) is 6.07 Å². The average Bonchev–Trinajstić information content (AvgIpc) is 3.24. The van der Waals surface area contributed by atoms with Crippen LogP contribution in [0.2, 0.25) is 0 Å². The van der Waals surface area contributed by atoms with Gasteiger partial charge in [0, 0.05) is 18.0 Å². The van der Waals surface area contributed by atoms with Crippen molar-refractivity contribution in [2.24, 2.45) is 0 Å². The second-order valence-corrected chi connectivity index (χ2v) is 5.41. The van der Waals surface area contributed by atoms with Crippen LogP contribution in [0.5, 0.6) is 5.88 Å². The summed E-state index contributed by atoms with van der Waals surface area (Å²) in [7, 11) is 1.67. The van der Waals surface area contributed by atoms with E-state index in [-0.39, 0.29) is 0 Å². The number of hydrogen-bond donors (Lipinski definition) is 1. The van der Waals surface area contributed by atoms with Crippen LogP contribution in [0.3, 0.4) is 0 Å². The predicted molar refractivity (Wildman–Crippen MR) is 71.1 cm³/mol. The zero-order valence-electron chi connectivity index (χ0n) is 11.0. The maximum Gasteiger partial charge on any atom is 0.218 e. The summed E-state index contributed by atoms with van der Waals surface area (Å²) in [5.41, 5.74) is 0. The standard InChI is InChI=1S/C14H21N3O/c1-18-13-9-12(15-11-5-3-2-4-6-11)16-14(17-13)10-7-8-10/h9-11H,2-8H2,1H3,(H,15,16,17). The lowest BCUT2D eigenvalue weighted by molar-refractivity contribution is 0.394. The van der Waals surface area contributed by atoms with E-state index in [1.54, 1.807) is 7.11 Å². The lowest BCUT2D eigenvalue weighted by atomic mass is 9.95. The van der Waals surface area contributed by atoms with Crippen LogP contribution in [0.1, 0.15) is 56.7 Å². The van der Waals surface area contributed by atoms with Crippen LogP contribution >= 0.6 is 0 Å². The van der Waals surface area contributed by atoms with E-state index in [0.29, 0.717) is 17.8 Å². The first-order valence-electron chi connectivity index (χ1n) is 7.04. The van der Waals surface area contributed by atoms with Crippen molar-refractivity contribution < 1.29 is 4.74 Å². The van der Waals surface area contributed by atoms with Gasteiger partial charge < -0.3 is 10.1 Å². The van der Waals surface area contributed by atoms with E-state index in [0.717, 1.165) is 11.6 Å². The van der Waals surface area contributed by atoms with Gasteiger partial charge in [0.25, 0.3) is 0 Å². The lowest BCUT2D eigenvalue weighted by Gasteiger charge is -2.23. The van der Waals surface area contributed by atoms with Crippen molar-refractivity contribution in [1.29, 1.82) is 0 Å². The van der Waals surface area contributed by atoms with E-state index < -0.39 is 0 Å². The number of methoxy groups -OCH3 is 1. The van der Waals surface area contributed by atoms with Gasteiger partial charge in [-0.1, -0.05) is 19.3 Å². The van der Waals surface area contributed by atoms with Crippen molar-refractivity contribution in [2.45, 2.75) is 56.9 Å². The summed E-state index contributed by atoms with van der Waals surface area (Å²) in [6.45, 7) is 0. The van der Waals surface area contributed by atoms with Crippen LogP contribution in [0, 0.1) is 0 Å². The Kier molecular flexibility index (Phi) is 3.35. The predicted octanol–water partition coefficient (Wildman–Crippen LogP) is 3.11. The molecule has 2 fully saturated rings. The van der Waals surface area contributed by atoms with Gasteiger partial charge in [-0.15, -0.1) is 0 Å². The van der Waals surface area contributed by atoms with Gasteiger partial charge in [-0.3, -0.25) is 0 Å². The fraction of sp³-hybridized carbons (Fsp3) is 0.714. The molecule has 0 spiro atoms. The second kappa shape index (κ2) is 5.12. The summed E-state index contributed by atoms with van der Waals surface area (Å²) >= 11 is 0. The molecule has 4 nitrogen and oxygen atoms in total. The molecule has 1 aromatic rings. The summed E-state index contributed by atoms with van der Waals surface area (Å²) in [6.07, 6.45) is 8.98. The summed E-state index contributed by atoms with van der Waals surface area (Å²) in [4.78, 5) is 9.07. The number of nitrogens with zero attached hydrogens (tertiary/aromatic N) is 2. The Morgan fingerprint density at radius 2 is 1.89 bits per heavy atom. The molecule has 3 rings (SSSR count). The molecule has 1 heterocycles. The highest BCUT2D eigenvalue weighted by molar-refractivity contribution is 5.40. The van der Waals surface area contributed by atoms with Crippen LogP contribution in [0.25, 0.3) is 0 Å². The Morgan fingerprint density at radius 1 is 1.11 bits per heavy atom. The zero-order valence-corrected chi connectivity index (χ0v) is 11.0. The quantitative estimate of drug-likeness (QED) is 0.888. The van der Waals surface area contributed by atoms with Crippen molar-refractivity contribution in [3.8, 4) is 5.88 Å². The number of ether oxygens (including phenoxy) is 1. The first kappa shape index (κ1) is 11.8. The first-order chi connectivity index (χ1) is 8.85. The molecule has 98 valence electrons. The van der Waals surface area contributed by atoms with Crippen LogP contribution in [0.4, 0.5) is 5.82 Å². The molecule has 1 aromatic heterocycles. The highest BCUT2D eigenvalue weighted by Crippen LogP contribution is 2.39. The lowest BCUT2D eigenvalue weighted by Crippen LogP contribution is -2.23. The smallest absolute Gasteiger partial charge is 0.218 e. The van der Waals surface area contributed by atoms with Gasteiger partial charge in [0.1, 0.15) is 11.6 Å². The van der Waals surface area contributed by atoms with Gasteiger partial charge in [-0.25, -0.2) is 4.98 Å². The van der Waals surface area contributed by atoms with Gasteiger partial charge >= 0.3 is 0 Å². The molecule has 2 saturated carbocycles. The van der Waals surface area contributed by atoms with E-state index in [1.165, 1.54) is 44.9 Å². The molecular weight excluding hydrogens is 226 g/mol. The van der Waals surface area contributed by atoms with Crippen LogP contribution in [0.15, 0.2) is 6.07 Å². The highest BCUT2D eigenvalue weighted by Gasteiger charge is 2.27. The third-order valence-electron chi connectivity index (χ3n) is 3.83. The van der Waals surface area contributed by atoms with Crippen LogP contribution in [-0.2, 0) is 0 Å². The van der Waals surface area contributed by atoms with E-state index in [2.05, 4.69) is 15.3 Å². The molecule has 2 aliphatic carbocycles. The van der Waals surface area contributed by atoms with Gasteiger partial charge in [0.05, 0.1) is 7.11 Å². The Hall–Kier alpha value is -1.32. The SMILES string of the molecule is COc1cc(NC2CCCCC2)nc(C2CC2)n1. The molecule has 0 radical (unpaired) electrons. The van der Waals surface area contributed by atoms with Crippen molar-refractivity contribution in [3.05, 3.63) is 11.9 Å². The minimum absolute atomic E-state index is 0.562. The Bertz CT molecular complexity index is 412. The number of rotatable bonds is 4. The van der Waals surface area contributed by atoms with Crippen LogP contribution < -0.4 is 10.1 Å². The van der Waals surface area contributed by atoms with Gasteiger partial charge in [-0.05, 0) is 25.7 Å². The first-order valence-corrected chi connectivity index (χ1v) is 7.04. The molecule has 18 heavy (non-hydrogen) atoms. The van der Waals surface area contributed by atoms with Gasteiger partial charge in [0.15, 0.2) is 0 Å². The molecule has 4 heteroatoms. The number of anilines is 1. The second-order valence-electron chi connectivity index (χ2n) is 5.41. The largest absolute Gasteiger partial charge is 0.481 e. The third-order valence-corrected chi connectivity index (χ3v) is 3.83. The van der Waals surface area contributed by atoms with Crippen molar-refractivity contribution in [2.75, 3.05) is 12.4 Å². The maximum absolute atomic E-state index is 5.27. The molecule has 0 bridgehead atoms. The summed E-state index contributed by atoms with van der Waals surface area (Å²) in [5.74, 6) is 3.14. The molecule has 0 amide bonds. The topological polar surface area (TPSA) is 47.0 Å². The van der Waals surface area contributed by atoms with Crippen LogP contribution in [-0.4, -0.2) is 23.1 Å². The van der Waals surface area contributed by atoms with Gasteiger partial charge in [0.2, 0.25) is 5.88 Å². The molecule has 0 saturated heterocycles. The van der Waals surface area contributed by atoms with Crippen molar-refractivity contribution in [3.63, 3.8) is 0 Å². The maximum atomic E-state index is 5.27. The number of nitrogens with one attached hydrogen (secondary N) is 1. The average molecular weight is 247 g/mol. The molecule has 1 N–H and O–H groups in total. The highest BCUT2D eigenvalue weighted by atomic mass is 16.5. The Balaban J connectivity index is 1.74. The van der Waals surface area contributed by atoms with Gasteiger partial charge in [-0.2, -0.15) is 4.98 Å². The van der Waals surface area contributed by atoms with Crippen molar-refractivity contribution >= 4 is 5.82 Å². The zero-order chi connectivity index (χ0) is 12.4. The minimum atomic E-state index is 0.562.